The normalized spacial score (nSPS) is 33.4. The molecule has 1 aromatic rings. The molecule has 1 aliphatic rings. The molecule has 1 fully saturated rings. The minimum atomic E-state index is -0.558. The van der Waals surface area contributed by atoms with Gasteiger partial charge in [0.05, 0.1) is 5.60 Å². The first kappa shape index (κ1) is 7.74. The fraction of sp³-hybridized carbons (Fsp3) is 0.400. The predicted molar refractivity (Wildman–Crippen MR) is 44.4 cm³/mol. The Morgan fingerprint density at radius 1 is 1.42 bits per heavy atom. The molecule has 0 bridgehead atoms. The van der Waals surface area contributed by atoms with E-state index < -0.39 is 5.60 Å². The third-order valence-corrected chi connectivity index (χ3v) is 2.48. The van der Waals surface area contributed by atoms with E-state index in [4.69, 9.17) is 0 Å². The van der Waals surface area contributed by atoms with Crippen LogP contribution in [0.4, 0.5) is 4.39 Å². The largest absolute Gasteiger partial charge is 0.390 e. The lowest BCUT2D eigenvalue weighted by atomic mass is 10.1. The summed E-state index contributed by atoms with van der Waals surface area (Å²) in [5, 5.41) is 9.52. The highest BCUT2D eigenvalue weighted by Gasteiger charge is 2.49. The summed E-state index contributed by atoms with van der Waals surface area (Å²) in [7, 11) is 0. The zero-order valence-electron chi connectivity index (χ0n) is 6.92. The molecular weight excluding hydrogens is 155 g/mol. The zero-order valence-corrected chi connectivity index (χ0v) is 6.92. The van der Waals surface area contributed by atoms with Crippen molar-refractivity contribution in [3.8, 4) is 0 Å². The molecule has 0 saturated heterocycles. The average Bonchev–Trinajstić information content (AvgIpc) is 2.61. The van der Waals surface area contributed by atoms with E-state index in [0.717, 1.165) is 12.0 Å². The van der Waals surface area contributed by atoms with E-state index in [2.05, 4.69) is 0 Å². The van der Waals surface area contributed by atoms with Crippen LogP contribution in [0.5, 0.6) is 0 Å². The Balaban J connectivity index is 2.21. The van der Waals surface area contributed by atoms with Crippen molar-refractivity contribution >= 4 is 0 Å². The Hall–Kier alpha value is -0.890. The second kappa shape index (κ2) is 2.30. The first-order chi connectivity index (χ1) is 5.59. The zero-order chi connectivity index (χ0) is 8.77. The summed E-state index contributed by atoms with van der Waals surface area (Å²) in [6.45, 7) is 1.81. The highest BCUT2D eigenvalue weighted by Crippen LogP contribution is 2.50. The van der Waals surface area contributed by atoms with Gasteiger partial charge in [-0.1, -0.05) is 12.1 Å². The standard InChI is InChI=1S/C10H11FO/c1-10(12)6-9(10)7-2-4-8(11)5-3-7/h2-5,9,12H,6H2,1H3. The number of hydrogen-bond acceptors (Lipinski definition) is 1. The number of benzene rings is 1. The van der Waals surface area contributed by atoms with Crippen LogP contribution in [-0.2, 0) is 0 Å². The van der Waals surface area contributed by atoms with Crippen LogP contribution in [0.25, 0.3) is 0 Å². The Morgan fingerprint density at radius 2 is 1.92 bits per heavy atom. The fourth-order valence-corrected chi connectivity index (χ4v) is 1.53. The second-order valence-electron chi connectivity index (χ2n) is 3.67. The van der Waals surface area contributed by atoms with Crippen LogP contribution in [0.1, 0.15) is 24.8 Å². The van der Waals surface area contributed by atoms with Gasteiger partial charge in [-0.25, -0.2) is 4.39 Å². The van der Waals surface area contributed by atoms with Gasteiger partial charge < -0.3 is 5.11 Å². The van der Waals surface area contributed by atoms with Gasteiger partial charge in [0.15, 0.2) is 0 Å². The number of halogens is 1. The van der Waals surface area contributed by atoms with E-state index in [-0.39, 0.29) is 11.7 Å². The van der Waals surface area contributed by atoms with Crippen LogP contribution < -0.4 is 0 Å². The van der Waals surface area contributed by atoms with Crippen LogP contribution in [0.2, 0.25) is 0 Å². The predicted octanol–water partition coefficient (Wildman–Crippen LogP) is 2.06. The topological polar surface area (TPSA) is 20.2 Å². The molecule has 0 radical (unpaired) electrons. The number of rotatable bonds is 1. The van der Waals surface area contributed by atoms with E-state index in [1.807, 2.05) is 0 Å². The minimum absolute atomic E-state index is 0.207. The van der Waals surface area contributed by atoms with Gasteiger partial charge in [0.2, 0.25) is 0 Å². The third kappa shape index (κ3) is 1.23. The monoisotopic (exact) mass is 166 g/mol. The smallest absolute Gasteiger partial charge is 0.123 e. The Kier molecular flexibility index (Phi) is 1.48. The summed E-state index contributed by atoms with van der Waals surface area (Å²) in [6.07, 6.45) is 0.790. The van der Waals surface area contributed by atoms with Crippen LogP contribution in [-0.4, -0.2) is 10.7 Å². The quantitative estimate of drug-likeness (QED) is 0.677. The lowest BCUT2D eigenvalue weighted by Gasteiger charge is -2.01. The maximum absolute atomic E-state index is 12.5. The maximum Gasteiger partial charge on any atom is 0.123 e. The molecule has 1 aromatic carbocycles. The first-order valence-corrected chi connectivity index (χ1v) is 4.07. The molecule has 1 saturated carbocycles. The van der Waals surface area contributed by atoms with Crippen molar-refractivity contribution in [1.82, 2.24) is 0 Å². The summed E-state index contributed by atoms with van der Waals surface area (Å²) < 4.78 is 12.5. The summed E-state index contributed by atoms with van der Waals surface area (Å²) in [4.78, 5) is 0. The van der Waals surface area contributed by atoms with Gasteiger partial charge in [0.25, 0.3) is 0 Å². The summed E-state index contributed by atoms with van der Waals surface area (Å²) in [5.74, 6) is -0.0165. The van der Waals surface area contributed by atoms with Crippen molar-refractivity contribution in [1.29, 1.82) is 0 Å². The molecule has 0 aliphatic heterocycles. The SMILES string of the molecule is CC1(O)CC1c1ccc(F)cc1. The Labute approximate surface area is 70.8 Å². The van der Waals surface area contributed by atoms with Crippen LogP contribution in [0.15, 0.2) is 24.3 Å². The summed E-state index contributed by atoms with van der Waals surface area (Å²) in [5.41, 5.74) is 0.471. The molecule has 0 spiro atoms. The third-order valence-electron chi connectivity index (χ3n) is 2.48. The lowest BCUT2D eigenvalue weighted by Crippen LogP contribution is -2.02. The molecular formula is C10H11FO. The van der Waals surface area contributed by atoms with Gasteiger partial charge in [-0.3, -0.25) is 0 Å². The van der Waals surface area contributed by atoms with Crippen LogP contribution in [0, 0.1) is 5.82 Å². The van der Waals surface area contributed by atoms with Crippen LogP contribution in [0.3, 0.4) is 0 Å². The van der Waals surface area contributed by atoms with Crippen molar-refractivity contribution in [3.63, 3.8) is 0 Å². The molecule has 2 rings (SSSR count). The summed E-state index contributed by atoms with van der Waals surface area (Å²) in [6, 6.07) is 6.34. The van der Waals surface area contributed by atoms with E-state index in [1.165, 1.54) is 12.1 Å². The minimum Gasteiger partial charge on any atom is -0.390 e. The van der Waals surface area contributed by atoms with Crippen molar-refractivity contribution < 1.29 is 9.50 Å². The molecule has 12 heavy (non-hydrogen) atoms. The molecule has 64 valence electrons. The van der Waals surface area contributed by atoms with E-state index >= 15 is 0 Å². The molecule has 1 N–H and O–H groups in total. The van der Waals surface area contributed by atoms with Gasteiger partial charge in [0.1, 0.15) is 5.82 Å². The van der Waals surface area contributed by atoms with Crippen molar-refractivity contribution in [2.24, 2.45) is 0 Å². The molecule has 0 heterocycles. The Morgan fingerprint density at radius 3 is 2.33 bits per heavy atom. The number of aliphatic hydroxyl groups is 1. The fourth-order valence-electron chi connectivity index (χ4n) is 1.53. The van der Waals surface area contributed by atoms with Crippen molar-refractivity contribution in [2.75, 3.05) is 0 Å². The van der Waals surface area contributed by atoms with Crippen molar-refractivity contribution in [2.45, 2.75) is 24.9 Å². The van der Waals surface area contributed by atoms with Crippen molar-refractivity contribution in [3.05, 3.63) is 35.6 Å². The van der Waals surface area contributed by atoms with E-state index in [0.29, 0.717) is 0 Å². The molecule has 2 heteroatoms. The van der Waals surface area contributed by atoms with E-state index in [9.17, 15) is 9.50 Å². The highest BCUT2D eigenvalue weighted by molar-refractivity contribution is 5.30. The van der Waals surface area contributed by atoms with Gasteiger partial charge >= 0.3 is 0 Å². The molecule has 2 unspecified atom stereocenters. The summed E-state index contributed by atoms with van der Waals surface area (Å²) >= 11 is 0. The van der Waals surface area contributed by atoms with E-state index in [1.54, 1.807) is 19.1 Å². The Bertz CT molecular complexity index is 289. The second-order valence-corrected chi connectivity index (χ2v) is 3.67. The molecule has 2 atom stereocenters. The van der Waals surface area contributed by atoms with Gasteiger partial charge in [-0.05, 0) is 31.0 Å². The molecule has 1 aliphatic carbocycles. The van der Waals surface area contributed by atoms with Gasteiger partial charge in [-0.15, -0.1) is 0 Å². The van der Waals surface area contributed by atoms with Crippen LogP contribution >= 0.6 is 0 Å². The first-order valence-electron chi connectivity index (χ1n) is 4.07. The molecule has 1 nitrogen and oxygen atoms in total. The highest BCUT2D eigenvalue weighted by atomic mass is 19.1. The molecule has 0 aromatic heterocycles. The lowest BCUT2D eigenvalue weighted by molar-refractivity contribution is 0.164. The van der Waals surface area contributed by atoms with Gasteiger partial charge in [0, 0.05) is 5.92 Å². The number of hydrogen-bond donors (Lipinski definition) is 1. The average molecular weight is 166 g/mol. The molecule has 0 amide bonds. The van der Waals surface area contributed by atoms with Gasteiger partial charge in [-0.2, -0.15) is 0 Å². The maximum atomic E-state index is 12.5.